The minimum absolute atomic E-state index is 0.267. The molecule has 2 aromatic carbocycles. The number of benzene rings is 2. The fourth-order valence-electron chi connectivity index (χ4n) is 5.40. The highest BCUT2D eigenvalue weighted by molar-refractivity contribution is 5.60. The van der Waals surface area contributed by atoms with Crippen LogP contribution in [0.15, 0.2) is 67.3 Å². The number of nitrogens with zero attached hydrogens (tertiary/aromatic N) is 8. The van der Waals surface area contributed by atoms with Crippen molar-refractivity contribution in [2.75, 3.05) is 59.3 Å². The number of nitrogens with one attached hydrogen (secondary N) is 1. The maximum atomic E-state index is 13.4. The molecule has 0 amide bonds. The van der Waals surface area contributed by atoms with Crippen molar-refractivity contribution < 1.29 is 9.50 Å². The molecule has 11 nitrogen and oxygen atoms in total. The fourth-order valence-corrected chi connectivity index (χ4v) is 5.40. The van der Waals surface area contributed by atoms with Crippen LogP contribution in [-0.2, 0) is 5.54 Å². The number of β-amino-alcohol motifs (C(OH)–C–C–N with tert-alkyl or cyclic N) is 1. The third-order valence-corrected chi connectivity index (χ3v) is 7.97. The molecule has 0 radical (unpaired) electrons. The average molecular weight is 571 g/mol. The van der Waals surface area contributed by atoms with Gasteiger partial charge in [-0.25, -0.2) is 24.3 Å². The average Bonchev–Trinajstić information content (AvgIpc) is 3.02. The van der Waals surface area contributed by atoms with E-state index in [1.54, 1.807) is 24.5 Å². The molecule has 2 atom stereocenters. The van der Waals surface area contributed by atoms with Crippen LogP contribution >= 0.6 is 0 Å². The molecule has 4 aromatic rings. The van der Waals surface area contributed by atoms with Gasteiger partial charge in [0.25, 0.3) is 0 Å². The van der Waals surface area contributed by atoms with Crippen LogP contribution in [0.4, 0.5) is 33.6 Å². The molecule has 2 aliphatic rings. The second-order valence-electron chi connectivity index (χ2n) is 11.0. The molecule has 2 aliphatic heterocycles. The Balaban J connectivity index is 1.05. The van der Waals surface area contributed by atoms with Gasteiger partial charge in [-0.05, 0) is 61.7 Å². The molecular formula is C30H35FN10O. The van der Waals surface area contributed by atoms with Gasteiger partial charge in [-0.1, -0.05) is 12.1 Å². The Morgan fingerprint density at radius 3 is 2.17 bits per heavy atom. The van der Waals surface area contributed by atoms with Crippen LogP contribution in [0.25, 0.3) is 0 Å². The number of rotatable bonds is 7. The minimum atomic E-state index is -0.839. The lowest BCUT2D eigenvalue weighted by molar-refractivity contribution is 0.154. The predicted molar refractivity (Wildman–Crippen MR) is 161 cm³/mol. The van der Waals surface area contributed by atoms with Gasteiger partial charge < -0.3 is 30.9 Å². The summed E-state index contributed by atoms with van der Waals surface area (Å²) >= 11 is 0. The monoisotopic (exact) mass is 570 g/mol. The first-order valence-electron chi connectivity index (χ1n) is 14.2. The largest absolute Gasteiger partial charge is 0.391 e. The number of aromatic nitrogens is 5. The SMILES string of the molecule is C[C@](N)(c1ccc(F)cc1)c1cnc(N2CCN(c3ncnc(Nc4ccc(N5CCC[C@H](O)C5)cc4)n3)CC2)nc1. The molecule has 218 valence electrons. The van der Waals surface area contributed by atoms with Crippen molar-refractivity contribution in [1.29, 1.82) is 0 Å². The quantitative estimate of drug-likeness (QED) is 0.303. The molecule has 42 heavy (non-hydrogen) atoms. The summed E-state index contributed by atoms with van der Waals surface area (Å²) in [6.45, 7) is 6.31. The second kappa shape index (κ2) is 11.8. The fraction of sp³-hybridized carbons (Fsp3) is 0.367. The summed E-state index contributed by atoms with van der Waals surface area (Å²) in [5, 5.41) is 13.2. The maximum absolute atomic E-state index is 13.4. The van der Waals surface area contributed by atoms with E-state index in [0.717, 1.165) is 41.9 Å². The Hall–Kier alpha value is -4.42. The summed E-state index contributed by atoms with van der Waals surface area (Å²) in [6, 6.07) is 14.3. The third kappa shape index (κ3) is 6.09. The Morgan fingerprint density at radius 2 is 1.50 bits per heavy atom. The van der Waals surface area contributed by atoms with Gasteiger partial charge in [0.05, 0.1) is 11.6 Å². The van der Waals surface area contributed by atoms with E-state index in [-0.39, 0.29) is 11.9 Å². The topological polar surface area (TPSA) is 132 Å². The maximum Gasteiger partial charge on any atom is 0.231 e. The molecule has 0 aliphatic carbocycles. The van der Waals surface area contributed by atoms with Crippen molar-refractivity contribution in [2.24, 2.45) is 5.73 Å². The highest BCUT2D eigenvalue weighted by atomic mass is 19.1. The number of hydrogen-bond donors (Lipinski definition) is 3. The summed E-state index contributed by atoms with van der Waals surface area (Å²) in [5.41, 5.74) is 9.24. The van der Waals surface area contributed by atoms with Crippen molar-refractivity contribution in [2.45, 2.75) is 31.4 Å². The van der Waals surface area contributed by atoms with Gasteiger partial charge in [-0.15, -0.1) is 0 Å². The lowest BCUT2D eigenvalue weighted by atomic mass is 9.87. The van der Waals surface area contributed by atoms with Crippen molar-refractivity contribution in [3.63, 3.8) is 0 Å². The number of aliphatic hydroxyl groups excluding tert-OH is 1. The van der Waals surface area contributed by atoms with Crippen LogP contribution in [0.5, 0.6) is 0 Å². The standard InChI is InChI=1S/C30H35FN10O/c1-30(32,21-4-6-23(31)7-5-21)22-17-33-28(34-18-22)39-13-15-40(16-14-39)29-36-20-35-27(38-29)37-24-8-10-25(11-9-24)41-12-2-3-26(42)19-41/h4-11,17-18,20,26,42H,2-3,12-16,19,32H2,1H3,(H,35,36,37,38)/t26-,30-/m0/s1. The predicted octanol–water partition coefficient (Wildman–Crippen LogP) is 3.05. The number of piperazine rings is 1. The molecule has 2 saturated heterocycles. The van der Waals surface area contributed by atoms with Crippen LogP contribution in [0, 0.1) is 5.82 Å². The summed E-state index contributed by atoms with van der Waals surface area (Å²) in [7, 11) is 0. The number of nitrogens with two attached hydrogens (primary N) is 1. The molecule has 0 saturated carbocycles. The number of halogens is 1. The summed E-state index contributed by atoms with van der Waals surface area (Å²) in [5.74, 6) is 1.42. The highest BCUT2D eigenvalue weighted by Crippen LogP contribution is 2.27. The number of piperidine rings is 1. The van der Waals surface area contributed by atoms with Crippen molar-refractivity contribution in [3.8, 4) is 0 Å². The second-order valence-corrected chi connectivity index (χ2v) is 11.0. The lowest BCUT2D eigenvalue weighted by Gasteiger charge is -2.35. The minimum Gasteiger partial charge on any atom is -0.391 e. The molecular weight excluding hydrogens is 535 g/mol. The zero-order valence-electron chi connectivity index (χ0n) is 23.6. The van der Waals surface area contributed by atoms with E-state index in [4.69, 9.17) is 5.73 Å². The molecule has 0 unspecified atom stereocenters. The van der Waals surface area contributed by atoms with Crippen LogP contribution in [-0.4, -0.2) is 75.4 Å². The van der Waals surface area contributed by atoms with Crippen LogP contribution in [0.2, 0.25) is 0 Å². The molecule has 0 bridgehead atoms. The van der Waals surface area contributed by atoms with E-state index >= 15 is 0 Å². The Bertz CT molecular complexity index is 1480. The Kier molecular flexibility index (Phi) is 7.81. The van der Waals surface area contributed by atoms with E-state index in [1.165, 1.54) is 18.5 Å². The first kappa shape index (κ1) is 27.7. The van der Waals surface area contributed by atoms with Crippen LogP contribution < -0.4 is 25.8 Å². The van der Waals surface area contributed by atoms with E-state index in [2.05, 4.69) is 44.9 Å². The smallest absolute Gasteiger partial charge is 0.231 e. The molecule has 4 heterocycles. The van der Waals surface area contributed by atoms with E-state index in [1.807, 2.05) is 31.2 Å². The van der Waals surface area contributed by atoms with Crippen LogP contribution in [0.3, 0.4) is 0 Å². The van der Waals surface area contributed by atoms with E-state index < -0.39 is 5.54 Å². The molecule has 12 heteroatoms. The zero-order valence-corrected chi connectivity index (χ0v) is 23.6. The van der Waals surface area contributed by atoms with Gasteiger partial charge in [-0.2, -0.15) is 4.98 Å². The van der Waals surface area contributed by atoms with Crippen molar-refractivity contribution in [3.05, 3.63) is 84.2 Å². The summed E-state index contributed by atoms with van der Waals surface area (Å²) in [4.78, 5) is 29.0. The van der Waals surface area contributed by atoms with Gasteiger partial charge in [0.1, 0.15) is 12.1 Å². The first-order valence-corrected chi connectivity index (χ1v) is 14.2. The number of hydrogen-bond acceptors (Lipinski definition) is 11. The normalized spacial score (nSPS) is 19.0. The lowest BCUT2D eigenvalue weighted by Crippen LogP contribution is -2.47. The Morgan fingerprint density at radius 1 is 0.833 bits per heavy atom. The molecule has 0 spiro atoms. The number of anilines is 5. The highest BCUT2D eigenvalue weighted by Gasteiger charge is 2.26. The Labute approximate surface area is 244 Å². The zero-order chi connectivity index (χ0) is 29.1. The van der Waals surface area contributed by atoms with Crippen LogP contribution in [0.1, 0.15) is 30.9 Å². The van der Waals surface area contributed by atoms with Crippen molar-refractivity contribution >= 4 is 29.2 Å². The number of aliphatic hydroxyl groups is 1. The molecule has 4 N–H and O–H groups in total. The summed E-state index contributed by atoms with van der Waals surface area (Å²) < 4.78 is 13.4. The summed E-state index contributed by atoms with van der Waals surface area (Å²) in [6.07, 6.45) is 6.59. The molecule has 2 aromatic heterocycles. The van der Waals surface area contributed by atoms with Crippen molar-refractivity contribution in [1.82, 2.24) is 24.9 Å². The third-order valence-electron chi connectivity index (χ3n) is 7.97. The van der Waals surface area contributed by atoms with E-state index in [0.29, 0.717) is 50.6 Å². The molecule has 6 rings (SSSR count). The van der Waals surface area contributed by atoms with Gasteiger partial charge in [0.2, 0.25) is 17.8 Å². The van der Waals surface area contributed by atoms with Gasteiger partial charge in [0.15, 0.2) is 0 Å². The van der Waals surface area contributed by atoms with E-state index in [9.17, 15) is 9.50 Å². The van der Waals surface area contributed by atoms with Gasteiger partial charge >= 0.3 is 0 Å². The van der Waals surface area contributed by atoms with Gasteiger partial charge in [0, 0.05) is 68.6 Å². The molecule has 2 fully saturated rings. The van der Waals surface area contributed by atoms with Gasteiger partial charge in [-0.3, -0.25) is 0 Å². The first-order chi connectivity index (χ1) is 20.3.